The number of benzene rings is 2. The van der Waals surface area contributed by atoms with Gasteiger partial charge in [-0.25, -0.2) is 4.98 Å². The summed E-state index contributed by atoms with van der Waals surface area (Å²) in [6.07, 6.45) is 0. The van der Waals surface area contributed by atoms with Crippen LogP contribution in [0.5, 0.6) is 0 Å². The Morgan fingerprint density at radius 2 is 1.69 bits per heavy atom. The molecule has 0 spiro atoms. The molecule has 3 rings (SSSR count). The quantitative estimate of drug-likeness (QED) is 0.715. The largest absolute Gasteiger partial charge is 0.347 e. The average molecular weight is 366 g/mol. The molecule has 1 heterocycles. The summed E-state index contributed by atoms with van der Waals surface area (Å²) < 4.78 is 0. The number of hydrogen-bond donors (Lipinski definition) is 1. The van der Waals surface area contributed by atoms with E-state index in [0.29, 0.717) is 11.4 Å². The van der Waals surface area contributed by atoms with E-state index >= 15 is 0 Å². The van der Waals surface area contributed by atoms with Gasteiger partial charge in [0.05, 0.1) is 10.7 Å². The molecule has 134 valence electrons. The van der Waals surface area contributed by atoms with Gasteiger partial charge >= 0.3 is 0 Å². The summed E-state index contributed by atoms with van der Waals surface area (Å²) in [4.78, 5) is 20.2. The van der Waals surface area contributed by atoms with Crippen molar-refractivity contribution in [2.24, 2.45) is 0 Å². The standard InChI is InChI=1S/C21H23N3OS/c1-15-23-19(16-9-5-4-6-10-16)20(26-15)21(25)22-13-17-11-7-8-12-18(17)14-24(2)3/h4-12H,13-14H2,1-3H3,(H,22,25). The van der Waals surface area contributed by atoms with Crippen LogP contribution >= 0.6 is 11.3 Å². The van der Waals surface area contributed by atoms with Crippen LogP contribution in [0.15, 0.2) is 54.6 Å². The maximum Gasteiger partial charge on any atom is 0.263 e. The lowest BCUT2D eigenvalue weighted by Gasteiger charge is -2.14. The van der Waals surface area contributed by atoms with Gasteiger partial charge in [0.2, 0.25) is 0 Å². The zero-order chi connectivity index (χ0) is 18.5. The highest BCUT2D eigenvalue weighted by Gasteiger charge is 2.18. The maximum absolute atomic E-state index is 12.8. The zero-order valence-corrected chi connectivity index (χ0v) is 16.1. The summed E-state index contributed by atoms with van der Waals surface area (Å²) in [5.41, 5.74) is 4.08. The number of nitrogens with one attached hydrogen (secondary N) is 1. The smallest absolute Gasteiger partial charge is 0.263 e. The second-order valence-electron chi connectivity index (χ2n) is 6.47. The fraction of sp³-hybridized carbons (Fsp3) is 0.238. The van der Waals surface area contributed by atoms with Crippen LogP contribution in [0.1, 0.15) is 25.8 Å². The number of thiazole rings is 1. The fourth-order valence-electron chi connectivity index (χ4n) is 2.85. The lowest BCUT2D eigenvalue weighted by atomic mass is 10.1. The minimum atomic E-state index is -0.0749. The highest BCUT2D eigenvalue weighted by molar-refractivity contribution is 7.14. The number of aryl methyl sites for hydroxylation is 1. The van der Waals surface area contributed by atoms with Gasteiger partial charge in [0, 0.05) is 18.7 Å². The van der Waals surface area contributed by atoms with Gasteiger partial charge in [-0.2, -0.15) is 0 Å². The molecule has 0 radical (unpaired) electrons. The summed E-state index contributed by atoms with van der Waals surface area (Å²) >= 11 is 1.44. The summed E-state index contributed by atoms with van der Waals surface area (Å²) in [5.74, 6) is -0.0749. The van der Waals surface area contributed by atoms with Gasteiger partial charge in [-0.15, -0.1) is 11.3 Å². The van der Waals surface area contributed by atoms with Crippen molar-refractivity contribution in [3.8, 4) is 11.3 Å². The Balaban J connectivity index is 1.78. The molecule has 26 heavy (non-hydrogen) atoms. The van der Waals surface area contributed by atoms with E-state index < -0.39 is 0 Å². The van der Waals surface area contributed by atoms with Crippen LogP contribution in [0.4, 0.5) is 0 Å². The monoisotopic (exact) mass is 365 g/mol. The van der Waals surface area contributed by atoms with E-state index in [2.05, 4.69) is 27.3 Å². The molecule has 0 aliphatic heterocycles. The topological polar surface area (TPSA) is 45.2 Å². The van der Waals surface area contributed by atoms with Crippen LogP contribution in [0.25, 0.3) is 11.3 Å². The Morgan fingerprint density at radius 3 is 2.38 bits per heavy atom. The lowest BCUT2D eigenvalue weighted by Crippen LogP contribution is -2.24. The van der Waals surface area contributed by atoms with E-state index in [4.69, 9.17) is 0 Å². The Kier molecular flexibility index (Phi) is 5.81. The van der Waals surface area contributed by atoms with E-state index in [1.807, 2.05) is 63.5 Å². The van der Waals surface area contributed by atoms with E-state index in [0.717, 1.165) is 28.4 Å². The van der Waals surface area contributed by atoms with Crippen LogP contribution in [0.2, 0.25) is 0 Å². The molecular formula is C21H23N3OS. The van der Waals surface area contributed by atoms with Gasteiger partial charge in [-0.1, -0.05) is 54.6 Å². The Morgan fingerprint density at radius 1 is 1.04 bits per heavy atom. The van der Waals surface area contributed by atoms with Crippen LogP contribution in [-0.4, -0.2) is 29.9 Å². The minimum absolute atomic E-state index is 0.0749. The number of carbonyl (C=O) groups excluding carboxylic acids is 1. The highest BCUT2D eigenvalue weighted by atomic mass is 32.1. The molecule has 0 unspecified atom stereocenters. The molecule has 0 aliphatic carbocycles. The molecule has 0 saturated heterocycles. The summed E-state index contributed by atoms with van der Waals surface area (Å²) in [6.45, 7) is 3.29. The highest BCUT2D eigenvalue weighted by Crippen LogP contribution is 2.28. The number of hydrogen-bond acceptors (Lipinski definition) is 4. The van der Waals surface area contributed by atoms with E-state index in [1.54, 1.807) is 0 Å². The van der Waals surface area contributed by atoms with Crippen molar-refractivity contribution in [1.82, 2.24) is 15.2 Å². The Hall–Kier alpha value is -2.50. The molecule has 2 aromatic carbocycles. The number of amides is 1. The first-order valence-electron chi connectivity index (χ1n) is 8.57. The Labute approximate surface area is 158 Å². The van der Waals surface area contributed by atoms with E-state index in [1.165, 1.54) is 16.9 Å². The summed E-state index contributed by atoms with van der Waals surface area (Å²) in [7, 11) is 4.09. The third-order valence-electron chi connectivity index (χ3n) is 4.03. The number of aromatic nitrogens is 1. The van der Waals surface area contributed by atoms with Gasteiger partial charge in [0.15, 0.2) is 0 Å². The molecule has 5 heteroatoms. The first kappa shape index (κ1) is 18.3. The molecule has 1 amide bonds. The predicted octanol–water partition coefficient (Wildman–Crippen LogP) is 4.11. The number of nitrogens with zero attached hydrogens (tertiary/aromatic N) is 2. The second-order valence-corrected chi connectivity index (χ2v) is 7.67. The van der Waals surface area contributed by atoms with Crippen molar-refractivity contribution < 1.29 is 4.79 Å². The minimum Gasteiger partial charge on any atom is -0.347 e. The summed E-state index contributed by atoms with van der Waals surface area (Å²) in [5, 5.41) is 3.96. The van der Waals surface area contributed by atoms with Crippen molar-refractivity contribution in [3.63, 3.8) is 0 Å². The van der Waals surface area contributed by atoms with Crippen molar-refractivity contribution in [3.05, 3.63) is 75.6 Å². The van der Waals surface area contributed by atoms with Gasteiger partial charge in [-0.3, -0.25) is 4.79 Å². The molecule has 4 nitrogen and oxygen atoms in total. The Bertz CT molecular complexity index is 887. The fourth-order valence-corrected chi connectivity index (χ4v) is 3.71. The molecule has 1 aromatic heterocycles. The molecular weight excluding hydrogens is 342 g/mol. The molecule has 3 aromatic rings. The summed E-state index contributed by atoms with van der Waals surface area (Å²) in [6, 6.07) is 18.1. The van der Waals surface area contributed by atoms with Crippen molar-refractivity contribution in [2.45, 2.75) is 20.0 Å². The normalized spacial score (nSPS) is 10.9. The van der Waals surface area contributed by atoms with Crippen LogP contribution < -0.4 is 5.32 Å². The molecule has 1 N–H and O–H groups in total. The first-order valence-corrected chi connectivity index (χ1v) is 9.39. The van der Waals surface area contributed by atoms with Crippen LogP contribution in [-0.2, 0) is 13.1 Å². The lowest BCUT2D eigenvalue weighted by molar-refractivity contribution is 0.0955. The van der Waals surface area contributed by atoms with Gasteiger partial charge < -0.3 is 10.2 Å². The van der Waals surface area contributed by atoms with E-state index in [9.17, 15) is 4.79 Å². The third kappa shape index (κ3) is 4.36. The zero-order valence-electron chi connectivity index (χ0n) is 15.3. The SMILES string of the molecule is Cc1nc(-c2ccccc2)c(C(=O)NCc2ccccc2CN(C)C)s1. The van der Waals surface area contributed by atoms with Crippen molar-refractivity contribution in [1.29, 1.82) is 0 Å². The molecule has 0 saturated carbocycles. The third-order valence-corrected chi connectivity index (χ3v) is 5.00. The van der Waals surface area contributed by atoms with Crippen LogP contribution in [0, 0.1) is 6.92 Å². The maximum atomic E-state index is 12.8. The van der Waals surface area contributed by atoms with Crippen molar-refractivity contribution in [2.75, 3.05) is 14.1 Å². The van der Waals surface area contributed by atoms with Gasteiger partial charge in [0.1, 0.15) is 4.88 Å². The van der Waals surface area contributed by atoms with Crippen molar-refractivity contribution >= 4 is 17.2 Å². The van der Waals surface area contributed by atoms with E-state index in [-0.39, 0.29) is 5.91 Å². The molecule has 0 atom stereocenters. The average Bonchev–Trinajstić information content (AvgIpc) is 3.03. The van der Waals surface area contributed by atoms with Gasteiger partial charge in [0.25, 0.3) is 5.91 Å². The molecule has 0 fully saturated rings. The number of carbonyl (C=O) groups is 1. The first-order chi connectivity index (χ1) is 12.5. The second kappa shape index (κ2) is 8.25. The van der Waals surface area contributed by atoms with Crippen LogP contribution in [0.3, 0.4) is 0 Å². The van der Waals surface area contributed by atoms with Gasteiger partial charge in [-0.05, 0) is 32.1 Å². The molecule has 0 bridgehead atoms. The number of rotatable bonds is 6. The molecule has 0 aliphatic rings. The predicted molar refractivity (Wildman–Crippen MR) is 107 cm³/mol.